The Balaban J connectivity index is 1.57. The van der Waals surface area contributed by atoms with E-state index >= 15 is 0 Å². The largest absolute Gasteiger partial charge is 0.460 e. The third-order valence-electron chi connectivity index (χ3n) is 5.92. The van der Waals surface area contributed by atoms with Gasteiger partial charge in [0.1, 0.15) is 13.2 Å². The van der Waals surface area contributed by atoms with Gasteiger partial charge in [0.2, 0.25) is 11.8 Å². The molecule has 2 aliphatic heterocycles. The van der Waals surface area contributed by atoms with Gasteiger partial charge in [-0.15, -0.1) is 0 Å². The molecule has 0 saturated carbocycles. The van der Waals surface area contributed by atoms with E-state index in [1.807, 2.05) is 13.8 Å². The van der Waals surface area contributed by atoms with Crippen molar-refractivity contribution in [1.82, 2.24) is 9.80 Å². The second-order valence-corrected chi connectivity index (χ2v) is 8.28. The number of amides is 2. The summed E-state index contributed by atoms with van der Waals surface area (Å²) in [5, 5.41) is 0. The maximum Gasteiger partial charge on any atom is 0.338 e. The van der Waals surface area contributed by atoms with Gasteiger partial charge in [-0.3, -0.25) is 9.59 Å². The van der Waals surface area contributed by atoms with Crippen molar-refractivity contribution < 1.29 is 28.7 Å². The van der Waals surface area contributed by atoms with Gasteiger partial charge in [0.05, 0.1) is 23.2 Å². The topological polar surface area (TPSA) is 93.2 Å². The third-order valence-corrected chi connectivity index (χ3v) is 5.92. The summed E-state index contributed by atoms with van der Waals surface area (Å²) in [6.45, 7) is 8.97. The lowest BCUT2D eigenvalue weighted by molar-refractivity contribution is -0.130. The van der Waals surface area contributed by atoms with Crippen molar-refractivity contribution in [1.29, 1.82) is 0 Å². The summed E-state index contributed by atoms with van der Waals surface area (Å²) in [5.74, 6) is -0.924. The van der Waals surface area contributed by atoms with E-state index in [-0.39, 0.29) is 48.2 Å². The zero-order valence-electron chi connectivity index (χ0n) is 18.7. The first-order valence-electron chi connectivity index (χ1n) is 11.0. The molecule has 0 bridgehead atoms. The van der Waals surface area contributed by atoms with Crippen LogP contribution in [0.1, 0.15) is 65.8 Å². The van der Waals surface area contributed by atoms with Crippen LogP contribution in [0.3, 0.4) is 0 Å². The molecule has 2 heterocycles. The minimum absolute atomic E-state index is 0.0756. The number of hydrogen-bond acceptors (Lipinski definition) is 6. The van der Waals surface area contributed by atoms with Crippen LogP contribution in [0, 0.1) is 0 Å². The van der Waals surface area contributed by atoms with Crippen LogP contribution in [0.15, 0.2) is 24.8 Å². The molecule has 2 saturated heterocycles. The van der Waals surface area contributed by atoms with Crippen molar-refractivity contribution in [2.24, 2.45) is 0 Å². The first-order chi connectivity index (χ1) is 15.3. The van der Waals surface area contributed by atoms with Crippen molar-refractivity contribution >= 4 is 29.8 Å². The molecule has 0 spiro atoms. The van der Waals surface area contributed by atoms with Gasteiger partial charge in [0.15, 0.2) is 0 Å². The SMILES string of the molecule is C=Cc1cc(C(=O)OCC(C)N2CCCC2=O)ccc1C(=O)OCC(C)N1CCCC1=O. The molecule has 8 nitrogen and oxygen atoms in total. The van der Waals surface area contributed by atoms with Crippen LogP contribution >= 0.6 is 0 Å². The van der Waals surface area contributed by atoms with Crippen LogP contribution in [0.25, 0.3) is 6.08 Å². The summed E-state index contributed by atoms with van der Waals surface area (Å²) in [5.41, 5.74) is 1.03. The number of nitrogens with zero attached hydrogens (tertiary/aromatic N) is 2. The molecular formula is C24H30N2O6. The van der Waals surface area contributed by atoms with Crippen molar-refractivity contribution in [3.8, 4) is 0 Å². The van der Waals surface area contributed by atoms with Gasteiger partial charge in [-0.05, 0) is 50.5 Å². The van der Waals surface area contributed by atoms with Crippen LogP contribution in [-0.2, 0) is 19.1 Å². The van der Waals surface area contributed by atoms with E-state index in [9.17, 15) is 19.2 Å². The van der Waals surface area contributed by atoms with E-state index in [1.165, 1.54) is 24.3 Å². The molecule has 2 unspecified atom stereocenters. The predicted octanol–water partition coefficient (Wildman–Crippen LogP) is 2.67. The summed E-state index contributed by atoms with van der Waals surface area (Å²) in [4.78, 5) is 52.1. The minimum Gasteiger partial charge on any atom is -0.460 e. The molecule has 0 radical (unpaired) electrons. The highest BCUT2D eigenvalue weighted by atomic mass is 16.5. The summed E-state index contributed by atoms with van der Waals surface area (Å²) < 4.78 is 10.8. The monoisotopic (exact) mass is 442 g/mol. The maximum atomic E-state index is 12.6. The Bertz CT molecular complexity index is 912. The Labute approximate surface area is 188 Å². The molecule has 0 aliphatic carbocycles. The molecule has 2 aliphatic rings. The van der Waals surface area contributed by atoms with Crippen LogP contribution in [0.5, 0.6) is 0 Å². The summed E-state index contributed by atoms with van der Waals surface area (Å²) >= 11 is 0. The van der Waals surface area contributed by atoms with Gasteiger partial charge in [-0.1, -0.05) is 12.7 Å². The zero-order chi connectivity index (χ0) is 23.3. The lowest BCUT2D eigenvalue weighted by Gasteiger charge is -2.24. The standard InChI is InChI=1S/C24H30N2O6/c1-4-18-13-19(23(29)31-14-16(2)25-11-5-7-21(25)27)9-10-20(18)24(30)32-15-17(3)26-12-6-8-22(26)28/h4,9-10,13,16-17H,1,5-8,11-12,14-15H2,2-3H3. The normalized spacial score (nSPS) is 17.9. The molecule has 172 valence electrons. The van der Waals surface area contributed by atoms with E-state index < -0.39 is 11.9 Å². The number of esters is 2. The van der Waals surface area contributed by atoms with E-state index in [2.05, 4.69) is 6.58 Å². The van der Waals surface area contributed by atoms with Crippen LogP contribution in [-0.4, -0.2) is 71.9 Å². The zero-order valence-corrected chi connectivity index (χ0v) is 18.7. The molecule has 1 aromatic carbocycles. The van der Waals surface area contributed by atoms with E-state index in [4.69, 9.17) is 9.47 Å². The highest BCUT2D eigenvalue weighted by Gasteiger charge is 2.27. The number of carbonyl (C=O) groups excluding carboxylic acids is 4. The first-order valence-corrected chi connectivity index (χ1v) is 11.0. The Morgan fingerprint density at radius 3 is 1.97 bits per heavy atom. The Hall–Kier alpha value is -3.16. The Morgan fingerprint density at radius 2 is 1.50 bits per heavy atom. The highest BCUT2D eigenvalue weighted by molar-refractivity contribution is 5.97. The van der Waals surface area contributed by atoms with Gasteiger partial charge in [-0.2, -0.15) is 0 Å². The van der Waals surface area contributed by atoms with Gasteiger partial charge < -0.3 is 19.3 Å². The smallest absolute Gasteiger partial charge is 0.338 e. The molecule has 0 aromatic heterocycles. The number of carbonyl (C=O) groups is 4. The quantitative estimate of drug-likeness (QED) is 0.546. The molecule has 2 amide bonds. The fourth-order valence-electron chi connectivity index (χ4n) is 4.05. The predicted molar refractivity (Wildman–Crippen MR) is 118 cm³/mol. The number of likely N-dealkylation sites (tertiary alicyclic amines) is 2. The van der Waals surface area contributed by atoms with E-state index in [0.717, 1.165) is 12.8 Å². The molecule has 32 heavy (non-hydrogen) atoms. The fraction of sp³-hybridized carbons (Fsp3) is 0.500. The minimum atomic E-state index is -0.542. The second-order valence-electron chi connectivity index (χ2n) is 8.28. The number of hydrogen-bond donors (Lipinski definition) is 0. The molecule has 8 heteroatoms. The number of benzene rings is 1. The maximum absolute atomic E-state index is 12.6. The summed E-state index contributed by atoms with van der Waals surface area (Å²) in [7, 11) is 0. The highest BCUT2D eigenvalue weighted by Crippen LogP contribution is 2.19. The Kier molecular flexibility index (Phi) is 7.66. The van der Waals surface area contributed by atoms with Crippen LogP contribution in [0.4, 0.5) is 0 Å². The molecular weight excluding hydrogens is 412 g/mol. The van der Waals surface area contributed by atoms with Gasteiger partial charge in [-0.25, -0.2) is 9.59 Å². The van der Waals surface area contributed by atoms with Crippen LogP contribution in [0.2, 0.25) is 0 Å². The molecule has 1 aromatic rings. The lowest BCUT2D eigenvalue weighted by Crippen LogP contribution is -2.37. The van der Waals surface area contributed by atoms with Crippen LogP contribution < -0.4 is 0 Å². The van der Waals surface area contributed by atoms with Gasteiger partial charge in [0, 0.05) is 25.9 Å². The van der Waals surface area contributed by atoms with E-state index in [0.29, 0.717) is 31.5 Å². The molecule has 2 fully saturated rings. The van der Waals surface area contributed by atoms with Crippen molar-refractivity contribution in [2.75, 3.05) is 26.3 Å². The first kappa shape index (κ1) is 23.5. The van der Waals surface area contributed by atoms with Gasteiger partial charge >= 0.3 is 11.9 Å². The third kappa shape index (κ3) is 5.36. The average molecular weight is 443 g/mol. The van der Waals surface area contributed by atoms with Crippen molar-refractivity contribution in [3.05, 3.63) is 41.5 Å². The summed E-state index contributed by atoms with van der Waals surface area (Å²) in [6, 6.07) is 4.16. The van der Waals surface area contributed by atoms with Crippen molar-refractivity contribution in [2.45, 2.75) is 51.6 Å². The number of ether oxygens (including phenoxy) is 2. The summed E-state index contributed by atoms with van der Waals surface area (Å²) in [6.07, 6.45) is 4.19. The lowest BCUT2D eigenvalue weighted by atomic mass is 10.0. The van der Waals surface area contributed by atoms with Gasteiger partial charge in [0.25, 0.3) is 0 Å². The van der Waals surface area contributed by atoms with E-state index in [1.54, 1.807) is 9.80 Å². The average Bonchev–Trinajstić information content (AvgIpc) is 3.42. The molecule has 2 atom stereocenters. The Morgan fingerprint density at radius 1 is 0.969 bits per heavy atom. The fourth-order valence-corrected chi connectivity index (χ4v) is 4.05. The number of rotatable bonds is 9. The second kappa shape index (κ2) is 10.4. The van der Waals surface area contributed by atoms with Crippen molar-refractivity contribution in [3.63, 3.8) is 0 Å². The molecule has 0 N–H and O–H groups in total. The molecule has 3 rings (SSSR count).